The van der Waals surface area contributed by atoms with Crippen LogP contribution in [-0.2, 0) is 0 Å². The molecular weight excluding hydrogens is 220 g/mol. The summed E-state index contributed by atoms with van der Waals surface area (Å²) < 4.78 is 0. The molecule has 3 rings (SSSR count). The molecule has 2 aliphatic heterocycles. The van der Waals surface area contributed by atoms with Crippen LogP contribution in [-0.4, -0.2) is 37.1 Å². The van der Waals surface area contributed by atoms with Crippen molar-refractivity contribution < 1.29 is 0 Å². The average Bonchev–Trinajstić information content (AvgIpc) is 2.97. The summed E-state index contributed by atoms with van der Waals surface area (Å²) in [5, 5.41) is 3.80. The zero-order valence-corrected chi connectivity index (χ0v) is 12.0. The predicted molar refractivity (Wildman–Crippen MR) is 76.7 cm³/mol. The second-order valence-corrected chi connectivity index (χ2v) is 6.90. The van der Waals surface area contributed by atoms with E-state index in [4.69, 9.17) is 0 Å². The molecule has 3 fully saturated rings. The second-order valence-electron chi connectivity index (χ2n) is 6.90. The Labute approximate surface area is 113 Å². The zero-order valence-electron chi connectivity index (χ0n) is 12.0. The lowest BCUT2D eigenvalue weighted by Crippen LogP contribution is -2.44. The molecule has 18 heavy (non-hydrogen) atoms. The maximum Gasteiger partial charge on any atom is 0.0226 e. The van der Waals surface area contributed by atoms with Gasteiger partial charge in [-0.15, -0.1) is 0 Å². The van der Waals surface area contributed by atoms with Gasteiger partial charge in [-0.05, 0) is 63.1 Å². The van der Waals surface area contributed by atoms with Gasteiger partial charge < -0.3 is 10.2 Å². The molecule has 0 bridgehead atoms. The summed E-state index contributed by atoms with van der Waals surface area (Å²) in [6, 6.07) is 0.820. The van der Waals surface area contributed by atoms with Crippen molar-refractivity contribution in [2.24, 2.45) is 17.8 Å². The first-order chi connectivity index (χ1) is 8.86. The van der Waals surface area contributed by atoms with Crippen molar-refractivity contribution in [2.75, 3.05) is 26.2 Å². The number of piperidine rings is 1. The monoisotopic (exact) mass is 250 g/mol. The van der Waals surface area contributed by atoms with E-state index < -0.39 is 0 Å². The van der Waals surface area contributed by atoms with Gasteiger partial charge in [-0.1, -0.05) is 26.2 Å². The maximum absolute atomic E-state index is 3.80. The molecule has 2 saturated heterocycles. The third kappa shape index (κ3) is 2.75. The van der Waals surface area contributed by atoms with Gasteiger partial charge >= 0.3 is 0 Å². The lowest BCUT2D eigenvalue weighted by Gasteiger charge is -2.34. The summed E-state index contributed by atoms with van der Waals surface area (Å²) in [4.78, 5) is 2.74. The van der Waals surface area contributed by atoms with Crippen molar-refractivity contribution in [2.45, 2.75) is 57.9 Å². The van der Waals surface area contributed by atoms with Crippen LogP contribution in [0.5, 0.6) is 0 Å². The molecule has 0 spiro atoms. The molecule has 104 valence electrons. The first-order valence-corrected chi connectivity index (χ1v) is 8.32. The van der Waals surface area contributed by atoms with Gasteiger partial charge in [0, 0.05) is 12.6 Å². The van der Waals surface area contributed by atoms with Crippen molar-refractivity contribution in [1.82, 2.24) is 10.2 Å². The van der Waals surface area contributed by atoms with E-state index in [0.29, 0.717) is 0 Å². The van der Waals surface area contributed by atoms with E-state index in [1.165, 1.54) is 71.1 Å². The lowest BCUT2D eigenvalue weighted by atomic mass is 9.90. The SMILES string of the molecule is CCCC1CCN(CC2NCC3CCCC32)CC1. The minimum absolute atomic E-state index is 0.820. The number of hydrogen-bond donors (Lipinski definition) is 1. The number of likely N-dealkylation sites (tertiary alicyclic amines) is 1. The molecule has 0 aromatic carbocycles. The lowest BCUT2D eigenvalue weighted by molar-refractivity contribution is 0.156. The van der Waals surface area contributed by atoms with Crippen LogP contribution in [0, 0.1) is 17.8 Å². The molecule has 3 aliphatic rings. The molecule has 2 heteroatoms. The van der Waals surface area contributed by atoms with Gasteiger partial charge in [0.25, 0.3) is 0 Å². The predicted octanol–water partition coefficient (Wildman–Crippen LogP) is 2.89. The second kappa shape index (κ2) is 5.92. The van der Waals surface area contributed by atoms with Crippen LogP contribution in [0.1, 0.15) is 51.9 Å². The van der Waals surface area contributed by atoms with Crippen molar-refractivity contribution in [3.8, 4) is 0 Å². The molecular formula is C16H30N2. The third-order valence-electron chi connectivity index (χ3n) is 5.74. The molecule has 3 atom stereocenters. The van der Waals surface area contributed by atoms with E-state index in [1.807, 2.05) is 0 Å². The normalized spacial score (nSPS) is 38.2. The highest BCUT2D eigenvalue weighted by Crippen LogP contribution is 2.38. The molecule has 2 nitrogen and oxygen atoms in total. The van der Waals surface area contributed by atoms with Gasteiger partial charge in [0.1, 0.15) is 0 Å². The summed E-state index contributed by atoms with van der Waals surface area (Å²) in [5.74, 6) is 3.06. The highest BCUT2D eigenvalue weighted by Gasteiger charge is 2.39. The Morgan fingerprint density at radius 1 is 1.11 bits per heavy atom. The fraction of sp³-hybridized carbons (Fsp3) is 1.00. The van der Waals surface area contributed by atoms with E-state index in [9.17, 15) is 0 Å². The molecule has 0 aromatic heterocycles. The molecule has 1 N–H and O–H groups in total. The number of nitrogens with one attached hydrogen (secondary N) is 1. The molecule has 0 radical (unpaired) electrons. The molecule has 3 unspecified atom stereocenters. The van der Waals surface area contributed by atoms with Crippen LogP contribution < -0.4 is 5.32 Å². The summed E-state index contributed by atoms with van der Waals surface area (Å²) in [7, 11) is 0. The van der Waals surface area contributed by atoms with Gasteiger partial charge in [-0.25, -0.2) is 0 Å². The molecule has 0 amide bonds. The quantitative estimate of drug-likeness (QED) is 0.825. The Hall–Kier alpha value is -0.0800. The van der Waals surface area contributed by atoms with Gasteiger partial charge in [-0.3, -0.25) is 0 Å². The average molecular weight is 250 g/mol. The molecule has 0 aromatic rings. The maximum atomic E-state index is 3.80. The third-order valence-corrected chi connectivity index (χ3v) is 5.74. The number of nitrogens with zero attached hydrogens (tertiary/aromatic N) is 1. The van der Waals surface area contributed by atoms with Gasteiger partial charge in [0.15, 0.2) is 0 Å². The van der Waals surface area contributed by atoms with E-state index in [2.05, 4.69) is 17.1 Å². The Morgan fingerprint density at radius 2 is 1.94 bits per heavy atom. The standard InChI is InChI=1S/C16H30N2/c1-2-4-13-7-9-18(10-8-13)12-16-15-6-3-5-14(15)11-17-16/h13-17H,2-12H2,1H3. The molecule has 1 saturated carbocycles. The summed E-state index contributed by atoms with van der Waals surface area (Å²) in [6.45, 7) is 7.69. The fourth-order valence-corrected chi connectivity index (χ4v) is 4.65. The smallest absolute Gasteiger partial charge is 0.0226 e. The van der Waals surface area contributed by atoms with Gasteiger partial charge in [0.2, 0.25) is 0 Å². The largest absolute Gasteiger partial charge is 0.312 e. The van der Waals surface area contributed by atoms with Crippen molar-refractivity contribution in [3.05, 3.63) is 0 Å². The first kappa shape index (κ1) is 12.9. The Bertz CT molecular complexity index is 258. The van der Waals surface area contributed by atoms with Crippen molar-refractivity contribution in [1.29, 1.82) is 0 Å². The zero-order chi connectivity index (χ0) is 12.4. The van der Waals surface area contributed by atoms with Gasteiger partial charge in [-0.2, -0.15) is 0 Å². The van der Waals surface area contributed by atoms with Crippen LogP contribution in [0.15, 0.2) is 0 Å². The molecule has 2 heterocycles. The topological polar surface area (TPSA) is 15.3 Å². The highest BCUT2D eigenvalue weighted by molar-refractivity contribution is 4.95. The minimum atomic E-state index is 0.820. The Balaban J connectivity index is 1.44. The number of rotatable bonds is 4. The van der Waals surface area contributed by atoms with Crippen LogP contribution in [0.25, 0.3) is 0 Å². The van der Waals surface area contributed by atoms with Crippen LogP contribution >= 0.6 is 0 Å². The summed E-state index contributed by atoms with van der Waals surface area (Å²) in [5.41, 5.74) is 0. The van der Waals surface area contributed by atoms with E-state index in [-0.39, 0.29) is 0 Å². The fourth-order valence-electron chi connectivity index (χ4n) is 4.65. The van der Waals surface area contributed by atoms with Gasteiger partial charge in [0.05, 0.1) is 0 Å². The van der Waals surface area contributed by atoms with Crippen molar-refractivity contribution in [3.63, 3.8) is 0 Å². The number of fused-ring (bicyclic) bond motifs is 1. The van der Waals surface area contributed by atoms with Crippen LogP contribution in [0.4, 0.5) is 0 Å². The Kier molecular flexibility index (Phi) is 4.25. The first-order valence-electron chi connectivity index (χ1n) is 8.32. The summed E-state index contributed by atoms with van der Waals surface area (Å²) in [6.07, 6.45) is 10.2. The van der Waals surface area contributed by atoms with E-state index in [0.717, 1.165) is 23.8 Å². The minimum Gasteiger partial charge on any atom is -0.312 e. The van der Waals surface area contributed by atoms with Crippen LogP contribution in [0.3, 0.4) is 0 Å². The van der Waals surface area contributed by atoms with Crippen molar-refractivity contribution >= 4 is 0 Å². The summed E-state index contributed by atoms with van der Waals surface area (Å²) >= 11 is 0. The van der Waals surface area contributed by atoms with E-state index >= 15 is 0 Å². The number of hydrogen-bond acceptors (Lipinski definition) is 2. The van der Waals surface area contributed by atoms with E-state index in [1.54, 1.807) is 0 Å². The Morgan fingerprint density at radius 3 is 2.72 bits per heavy atom. The molecule has 1 aliphatic carbocycles. The van der Waals surface area contributed by atoms with Crippen LogP contribution in [0.2, 0.25) is 0 Å². The highest BCUT2D eigenvalue weighted by atomic mass is 15.2.